The van der Waals surface area contributed by atoms with Gasteiger partial charge in [-0.05, 0) is 96.6 Å². The number of likely N-dealkylation sites (tertiary alicyclic amines) is 1. The van der Waals surface area contributed by atoms with E-state index in [2.05, 4.69) is 10.6 Å². The number of carbonyl (C=O) groups is 4. The van der Waals surface area contributed by atoms with Crippen LogP contribution in [-0.4, -0.2) is 89.3 Å². The summed E-state index contributed by atoms with van der Waals surface area (Å²) in [5.74, 6) is -3.60. The van der Waals surface area contributed by atoms with Crippen molar-refractivity contribution < 1.29 is 42.9 Å². The van der Waals surface area contributed by atoms with Crippen LogP contribution in [0, 0.1) is 5.82 Å². The normalized spacial score (nSPS) is 21.2. The third-order valence-electron chi connectivity index (χ3n) is 9.95. The molecule has 0 radical (unpaired) electrons. The number of hydrogen-bond donors (Lipinski definition) is 7. The number of benzene rings is 3. The number of nitrogens with zero attached hydrogens (tertiary/aromatic N) is 4. The van der Waals surface area contributed by atoms with Crippen LogP contribution in [0.4, 0.5) is 15.8 Å². The Morgan fingerprint density at radius 3 is 2.43 bits per heavy atom. The molecule has 3 fully saturated rings. The topological polar surface area (TPSA) is 219 Å². The average Bonchev–Trinajstić information content (AvgIpc) is 3.50. The van der Waals surface area contributed by atoms with Crippen LogP contribution in [0.1, 0.15) is 43.2 Å². The number of carbonyl (C=O) groups excluding carboxylic acids is 4. The zero-order valence-corrected chi connectivity index (χ0v) is 28.2. The molecule has 2 atom stereocenters. The van der Waals surface area contributed by atoms with E-state index in [1.165, 1.54) is 33.4 Å². The van der Waals surface area contributed by atoms with Crippen molar-refractivity contribution in [1.29, 1.82) is 0 Å². The molecule has 4 amide bonds. The molecule has 1 unspecified atom stereocenters. The fraction of sp³-hybridized carbons (Fsp3) is 0.364. The van der Waals surface area contributed by atoms with E-state index in [4.69, 9.17) is 0 Å². The van der Waals surface area contributed by atoms with Crippen molar-refractivity contribution >= 4 is 67.8 Å². The number of rotatable bonds is 7. The molecule has 0 spiro atoms. The van der Waals surface area contributed by atoms with Crippen LogP contribution in [0.3, 0.4) is 0 Å². The zero-order chi connectivity index (χ0) is 36.4. The van der Waals surface area contributed by atoms with Crippen LogP contribution >= 0.6 is 11.0 Å². The molecule has 7 rings (SSSR count). The van der Waals surface area contributed by atoms with E-state index in [0.29, 0.717) is 41.3 Å². The van der Waals surface area contributed by atoms with Crippen LogP contribution in [0.2, 0.25) is 0 Å². The number of halogens is 1. The molecule has 0 saturated carbocycles. The number of nitrogens with one attached hydrogen (secondary N) is 3. The minimum atomic E-state index is -3.87. The first-order valence-corrected chi connectivity index (χ1v) is 17.8. The predicted molar refractivity (Wildman–Crippen MR) is 186 cm³/mol. The van der Waals surface area contributed by atoms with Crippen molar-refractivity contribution in [2.45, 2.75) is 43.7 Å². The Morgan fingerprint density at radius 2 is 1.76 bits per heavy atom. The number of phenols is 1. The molecule has 7 N–H and O–H groups in total. The number of aliphatic hydroxyl groups excluding tert-OH is 1. The molecular formula is C33H36FN7O9S. The summed E-state index contributed by atoms with van der Waals surface area (Å²) >= 11 is 0. The zero-order valence-electron chi connectivity index (χ0n) is 27.3. The van der Waals surface area contributed by atoms with Crippen LogP contribution in [0.15, 0.2) is 47.3 Å². The number of hydrogen-bond acceptors (Lipinski definition) is 11. The van der Waals surface area contributed by atoms with E-state index >= 15 is 4.39 Å². The number of imide groups is 1. The molecule has 3 aliphatic heterocycles. The Morgan fingerprint density at radius 1 is 1.02 bits per heavy atom. The molecule has 16 nitrogen and oxygen atoms in total. The van der Waals surface area contributed by atoms with E-state index in [1.807, 2.05) is 27.8 Å². The Hall–Kier alpha value is -5.01. The number of piperidine rings is 2. The van der Waals surface area contributed by atoms with Gasteiger partial charge in [0, 0.05) is 24.5 Å². The summed E-state index contributed by atoms with van der Waals surface area (Å²) in [6, 6.07) is 9.44. The van der Waals surface area contributed by atoms with Gasteiger partial charge >= 0.3 is 5.69 Å². The summed E-state index contributed by atoms with van der Waals surface area (Å²) in [6.07, 6.45) is 1.72. The summed E-state index contributed by atoms with van der Waals surface area (Å²) < 4.78 is 41.4. The lowest BCUT2D eigenvalue weighted by Crippen LogP contribution is -2.49. The van der Waals surface area contributed by atoms with Gasteiger partial charge in [0.25, 0.3) is 5.91 Å². The summed E-state index contributed by atoms with van der Waals surface area (Å²) in [7, 11) is -2.23. The Kier molecular flexibility index (Phi) is 8.75. The van der Waals surface area contributed by atoms with Crippen molar-refractivity contribution in [2.24, 2.45) is 7.05 Å². The number of aromatic hydroxyl groups is 1. The first-order chi connectivity index (χ1) is 24.3. The maximum atomic E-state index is 15.5. The highest BCUT2D eigenvalue weighted by Crippen LogP contribution is 2.50. The number of imidazole rings is 1. The van der Waals surface area contributed by atoms with Crippen molar-refractivity contribution in [3.63, 3.8) is 0 Å². The SMILES string of the molecule is Cn1c(=O)n(C2CCC(=O)NC2=O)c2ccc(C3CCN([C@H](CO)C(=O)Nc4ccc5c(F)c(N6CC(=O)NS6(O)O)c(O)cc5c4)CC3)cc21. The highest BCUT2D eigenvalue weighted by molar-refractivity contribution is 8.24. The Labute approximate surface area is 291 Å². The molecule has 51 heavy (non-hydrogen) atoms. The van der Waals surface area contributed by atoms with Gasteiger partial charge in [-0.15, -0.1) is 0 Å². The second kappa shape index (κ2) is 13.0. The van der Waals surface area contributed by atoms with Gasteiger partial charge in [0.15, 0.2) is 5.82 Å². The van der Waals surface area contributed by atoms with Crippen molar-refractivity contribution in [1.82, 2.24) is 24.1 Å². The molecule has 0 aliphatic carbocycles. The molecule has 4 aromatic rings. The van der Waals surface area contributed by atoms with Gasteiger partial charge < -0.3 is 15.5 Å². The van der Waals surface area contributed by atoms with Gasteiger partial charge in [-0.2, -0.15) is 0 Å². The lowest BCUT2D eigenvalue weighted by atomic mass is 9.88. The van der Waals surface area contributed by atoms with Crippen LogP contribution < -0.4 is 25.4 Å². The van der Waals surface area contributed by atoms with Gasteiger partial charge in [0.2, 0.25) is 17.7 Å². The number of aromatic nitrogens is 2. The van der Waals surface area contributed by atoms with Gasteiger partial charge in [-0.3, -0.25) is 47.6 Å². The quantitative estimate of drug-likeness (QED) is 0.137. The maximum absolute atomic E-state index is 15.5. The first kappa shape index (κ1) is 34.4. The lowest BCUT2D eigenvalue weighted by molar-refractivity contribution is -0.135. The number of aryl methyl sites for hydroxylation is 1. The van der Waals surface area contributed by atoms with Gasteiger partial charge in [0.05, 0.1) is 17.6 Å². The molecular weight excluding hydrogens is 689 g/mol. The Bertz CT molecular complexity index is 2180. The number of anilines is 2. The second-order valence-corrected chi connectivity index (χ2v) is 14.7. The number of fused-ring (bicyclic) bond motifs is 2. The summed E-state index contributed by atoms with van der Waals surface area (Å²) in [4.78, 5) is 64.3. The molecule has 0 bridgehead atoms. The second-order valence-electron chi connectivity index (χ2n) is 13.0. The summed E-state index contributed by atoms with van der Waals surface area (Å²) in [5, 5.41) is 26.1. The number of aliphatic hydroxyl groups is 1. The van der Waals surface area contributed by atoms with E-state index < -0.39 is 71.2 Å². The van der Waals surface area contributed by atoms with Crippen molar-refractivity contribution in [3.05, 3.63) is 64.3 Å². The van der Waals surface area contributed by atoms with Crippen LogP contribution in [0.25, 0.3) is 21.8 Å². The first-order valence-electron chi connectivity index (χ1n) is 16.3. The number of phenolic OH excluding ortho intramolecular Hbond substituents is 1. The largest absolute Gasteiger partial charge is 0.506 e. The maximum Gasteiger partial charge on any atom is 0.329 e. The molecule has 3 saturated heterocycles. The Balaban J connectivity index is 1.03. The van der Waals surface area contributed by atoms with E-state index in [1.54, 1.807) is 7.05 Å². The monoisotopic (exact) mass is 725 g/mol. The van der Waals surface area contributed by atoms with Crippen LogP contribution in [0.5, 0.6) is 5.75 Å². The summed E-state index contributed by atoms with van der Waals surface area (Å²) in [5.41, 5.74) is 1.64. The standard InChI is InChI=1S/C33H36FN7O9S/c1-38-24-13-18(2-5-22(24)41(33(38)48)23-6-7-27(44)36-31(23)46)17-8-10-39(11-9-17)25(16-42)32(47)35-20-3-4-21-19(12-20)14-26(43)30(29(21)34)40-15-28(45)37-51(40,49)50/h2-5,12-14,17,23,25,42-43,49-50H,6-11,15-16H2,1H3,(H,35,47)(H,37,45)(H,36,44,46)/t23?,25-/m1/s1. The average molecular weight is 726 g/mol. The minimum Gasteiger partial charge on any atom is -0.506 e. The molecule has 4 heterocycles. The van der Waals surface area contributed by atoms with E-state index in [9.17, 15) is 43.3 Å². The smallest absolute Gasteiger partial charge is 0.329 e. The van der Waals surface area contributed by atoms with Gasteiger partial charge in [-0.1, -0.05) is 6.07 Å². The van der Waals surface area contributed by atoms with Gasteiger partial charge in [-0.25, -0.2) is 18.2 Å². The third kappa shape index (κ3) is 6.08. The molecule has 1 aromatic heterocycles. The third-order valence-corrected chi connectivity index (χ3v) is 11.4. The van der Waals surface area contributed by atoms with Gasteiger partial charge in [0.1, 0.15) is 30.1 Å². The van der Waals surface area contributed by atoms with E-state index in [0.717, 1.165) is 5.56 Å². The lowest BCUT2D eigenvalue weighted by Gasteiger charge is -2.36. The minimum absolute atomic E-state index is 0.00178. The molecule has 3 aliphatic rings. The van der Waals surface area contributed by atoms with Crippen LogP contribution in [-0.2, 0) is 26.2 Å². The summed E-state index contributed by atoms with van der Waals surface area (Å²) in [6.45, 7) is -0.0443. The predicted octanol–water partition coefficient (Wildman–Crippen LogP) is 2.01. The molecule has 18 heteroatoms. The van der Waals surface area contributed by atoms with Crippen molar-refractivity contribution in [2.75, 3.05) is 35.9 Å². The van der Waals surface area contributed by atoms with E-state index in [-0.39, 0.29) is 46.8 Å². The van der Waals surface area contributed by atoms with Crippen molar-refractivity contribution in [3.8, 4) is 5.75 Å². The molecule has 3 aromatic carbocycles. The number of amides is 4. The molecule has 270 valence electrons. The highest BCUT2D eigenvalue weighted by atomic mass is 32.3. The fourth-order valence-corrected chi connectivity index (χ4v) is 8.52. The fourth-order valence-electron chi connectivity index (χ4n) is 7.32. The highest BCUT2D eigenvalue weighted by Gasteiger charge is 2.39.